The summed E-state index contributed by atoms with van der Waals surface area (Å²) in [5.74, 6) is 0. The smallest absolute Gasteiger partial charge is 0.261 e. The molecule has 21 heavy (non-hydrogen) atoms. The second kappa shape index (κ2) is 6.22. The van der Waals surface area contributed by atoms with Crippen LogP contribution in [-0.4, -0.2) is 35.7 Å². The zero-order chi connectivity index (χ0) is 14.7. The molecule has 4 nitrogen and oxygen atoms in total. The molecule has 0 fully saturated rings. The normalized spacial score (nSPS) is 13.5. The Bertz CT molecular complexity index is 613. The van der Waals surface area contributed by atoms with Crippen LogP contribution in [0.5, 0.6) is 0 Å². The van der Waals surface area contributed by atoms with Crippen molar-refractivity contribution in [3.05, 3.63) is 36.3 Å². The summed E-state index contributed by atoms with van der Waals surface area (Å²) >= 11 is 0. The summed E-state index contributed by atoms with van der Waals surface area (Å²) in [5.41, 5.74) is 4.51. The van der Waals surface area contributed by atoms with Gasteiger partial charge in [-0.05, 0) is 12.0 Å². The Kier molecular flexibility index (Phi) is 4.15. The molecule has 6 heteroatoms. The molecule has 0 unspecified atom stereocenters. The first-order chi connectivity index (χ1) is 10.3. The Hall–Kier alpha value is -1.95. The standard InChI is InChI=1S/C15H17F2N3O/c16-14(17)9-21-7-6-20-10-18-8-13(20)12-3-1-2-11-4-5-19-15(11)12/h1-3,8,10,14,19H,4-7,9H2. The fraction of sp³-hybridized carbons (Fsp3) is 0.400. The number of rotatable bonds is 6. The van der Waals surface area contributed by atoms with E-state index in [-0.39, 0.29) is 6.61 Å². The van der Waals surface area contributed by atoms with E-state index >= 15 is 0 Å². The number of imidazole rings is 1. The number of fused-ring (bicyclic) bond motifs is 1. The first-order valence-corrected chi connectivity index (χ1v) is 6.98. The fourth-order valence-corrected chi connectivity index (χ4v) is 2.61. The molecule has 1 aliphatic rings. The molecule has 1 aromatic carbocycles. The predicted octanol–water partition coefficient (Wildman–Crippen LogP) is 2.80. The second-order valence-electron chi connectivity index (χ2n) is 4.95. The van der Waals surface area contributed by atoms with E-state index in [1.165, 1.54) is 5.56 Å². The monoisotopic (exact) mass is 293 g/mol. The number of benzene rings is 1. The molecule has 0 amide bonds. The molecular formula is C15H17F2N3O. The molecular weight excluding hydrogens is 276 g/mol. The number of nitrogens with zero attached hydrogens (tertiary/aromatic N) is 2. The zero-order valence-corrected chi connectivity index (χ0v) is 11.6. The van der Waals surface area contributed by atoms with Crippen LogP contribution >= 0.6 is 0 Å². The lowest BCUT2D eigenvalue weighted by molar-refractivity contribution is 0.0148. The highest BCUT2D eigenvalue weighted by Gasteiger charge is 2.17. The molecule has 0 bridgehead atoms. The van der Waals surface area contributed by atoms with Gasteiger partial charge in [-0.1, -0.05) is 18.2 Å². The maximum Gasteiger partial charge on any atom is 0.261 e. The molecule has 0 saturated heterocycles. The summed E-state index contributed by atoms with van der Waals surface area (Å²) in [6.45, 7) is 1.17. The Morgan fingerprint density at radius 2 is 2.29 bits per heavy atom. The molecule has 0 radical (unpaired) electrons. The molecule has 1 N–H and O–H groups in total. The van der Waals surface area contributed by atoms with Crippen LogP contribution < -0.4 is 5.32 Å². The third kappa shape index (κ3) is 3.05. The summed E-state index contributed by atoms with van der Waals surface area (Å²) in [5, 5.41) is 3.39. The van der Waals surface area contributed by atoms with Gasteiger partial charge in [0.25, 0.3) is 6.43 Å². The molecule has 2 heterocycles. The van der Waals surface area contributed by atoms with Gasteiger partial charge in [0, 0.05) is 24.3 Å². The van der Waals surface area contributed by atoms with Crippen molar-refractivity contribution in [2.45, 2.75) is 19.4 Å². The molecule has 0 spiro atoms. The molecule has 1 aromatic heterocycles. The Labute approximate surface area is 121 Å². The van der Waals surface area contributed by atoms with E-state index in [4.69, 9.17) is 4.74 Å². The number of anilines is 1. The largest absolute Gasteiger partial charge is 0.384 e. The third-order valence-electron chi connectivity index (χ3n) is 3.56. The molecule has 0 atom stereocenters. The number of hydrogen-bond donors (Lipinski definition) is 1. The van der Waals surface area contributed by atoms with E-state index in [1.54, 1.807) is 12.5 Å². The van der Waals surface area contributed by atoms with E-state index in [0.717, 1.165) is 29.9 Å². The van der Waals surface area contributed by atoms with Crippen LogP contribution in [0.4, 0.5) is 14.5 Å². The maximum atomic E-state index is 12.0. The third-order valence-corrected chi connectivity index (χ3v) is 3.56. The number of halogens is 2. The van der Waals surface area contributed by atoms with E-state index < -0.39 is 13.0 Å². The first-order valence-electron chi connectivity index (χ1n) is 6.98. The molecule has 112 valence electrons. The van der Waals surface area contributed by atoms with E-state index in [9.17, 15) is 8.78 Å². The van der Waals surface area contributed by atoms with Crippen LogP contribution in [0.3, 0.4) is 0 Å². The lowest BCUT2D eigenvalue weighted by atomic mass is 10.1. The number of nitrogens with one attached hydrogen (secondary N) is 1. The summed E-state index contributed by atoms with van der Waals surface area (Å²) in [7, 11) is 0. The average molecular weight is 293 g/mol. The minimum atomic E-state index is -2.42. The van der Waals surface area contributed by atoms with Crippen molar-refractivity contribution in [3.8, 4) is 11.3 Å². The van der Waals surface area contributed by atoms with Crippen LogP contribution in [0, 0.1) is 0 Å². The van der Waals surface area contributed by atoms with Crippen molar-refractivity contribution in [1.82, 2.24) is 9.55 Å². The number of para-hydroxylation sites is 1. The van der Waals surface area contributed by atoms with Crippen molar-refractivity contribution in [2.24, 2.45) is 0 Å². The highest BCUT2D eigenvalue weighted by atomic mass is 19.3. The topological polar surface area (TPSA) is 39.1 Å². The molecule has 3 rings (SSSR count). The maximum absolute atomic E-state index is 12.0. The van der Waals surface area contributed by atoms with Gasteiger partial charge in [-0.15, -0.1) is 0 Å². The zero-order valence-electron chi connectivity index (χ0n) is 11.6. The van der Waals surface area contributed by atoms with Crippen LogP contribution in [0.15, 0.2) is 30.7 Å². The van der Waals surface area contributed by atoms with Gasteiger partial charge in [0.05, 0.1) is 24.8 Å². The van der Waals surface area contributed by atoms with Gasteiger partial charge in [0.1, 0.15) is 6.61 Å². The summed E-state index contributed by atoms with van der Waals surface area (Å²) in [6, 6.07) is 6.20. The number of alkyl halides is 2. The van der Waals surface area contributed by atoms with E-state index in [0.29, 0.717) is 6.54 Å². The SMILES string of the molecule is FC(F)COCCn1cncc1-c1cccc2c1NCC2. The highest BCUT2D eigenvalue weighted by molar-refractivity contribution is 5.79. The Morgan fingerprint density at radius 1 is 1.38 bits per heavy atom. The Morgan fingerprint density at radius 3 is 3.14 bits per heavy atom. The van der Waals surface area contributed by atoms with Crippen LogP contribution in [0.1, 0.15) is 5.56 Å². The van der Waals surface area contributed by atoms with Gasteiger partial charge in [0.15, 0.2) is 0 Å². The summed E-state index contributed by atoms with van der Waals surface area (Å²) < 4.78 is 31.0. The number of hydrogen-bond acceptors (Lipinski definition) is 3. The Balaban J connectivity index is 1.75. The molecule has 1 aliphatic heterocycles. The second-order valence-corrected chi connectivity index (χ2v) is 4.95. The number of aromatic nitrogens is 2. The van der Waals surface area contributed by atoms with Crippen molar-refractivity contribution in [3.63, 3.8) is 0 Å². The van der Waals surface area contributed by atoms with Crippen LogP contribution in [0.2, 0.25) is 0 Å². The quantitative estimate of drug-likeness (QED) is 0.832. The fourth-order valence-electron chi connectivity index (χ4n) is 2.61. The van der Waals surface area contributed by atoms with Gasteiger partial charge in [-0.2, -0.15) is 0 Å². The lowest BCUT2D eigenvalue weighted by Gasteiger charge is -2.12. The lowest BCUT2D eigenvalue weighted by Crippen LogP contribution is -2.11. The minimum Gasteiger partial charge on any atom is -0.384 e. The first kappa shape index (κ1) is 14.0. The average Bonchev–Trinajstić information content (AvgIpc) is 3.11. The van der Waals surface area contributed by atoms with Crippen molar-refractivity contribution in [1.29, 1.82) is 0 Å². The van der Waals surface area contributed by atoms with Gasteiger partial charge in [-0.3, -0.25) is 0 Å². The van der Waals surface area contributed by atoms with Gasteiger partial charge < -0.3 is 14.6 Å². The van der Waals surface area contributed by atoms with Gasteiger partial charge >= 0.3 is 0 Å². The summed E-state index contributed by atoms with van der Waals surface area (Å²) in [6.07, 6.45) is 2.10. The van der Waals surface area contributed by atoms with Gasteiger partial charge in [-0.25, -0.2) is 13.8 Å². The van der Waals surface area contributed by atoms with Crippen molar-refractivity contribution >= 4 is 5.69 Å². The van der Waals surface area contributed by atoms with E-state index in [1.807, 2.05) is 16.7 Å². The van der Waals surface area contributed by atoms with Crippen molar-refractivity contribution < 1.29 is 13.5 Å². The minimum absolute atomic E-state index is 0.246. The number of ether oxygens (including phenoxy) is 1. The predicted molar refractivity (Wildman–Crippen MR) is 76.7 cm³/mol. The van der Waals surface area contributed by atoms with Gasteiger partial charge in [0.2, 0.25) is 0 Å². The van der Waals surface area contributed by atoms with Crippen LogP contribution in [-0.2, 0) is 17.7 Å². The summed E-state index contributed by atoms with van der Waals surface area (Å²) in [4.78, 5) is 4.17. The van der Waals surface area contributed by atoms with E-state index in [2.05, 4.69) is 16.4 Å². The highest BCUT2D eigenvalue weighted by Crippen LogP contribution is 2.34. The van der Waals surface area contributed by atoms with Crippen LogP contribution in [0.25, 0.3) is 11.3 Å². The molecule has 0 aliphatic carbocycles. The van der Waals surface area contributed by atoms with Crippen molar-refractivity contribution in [2.75, 3.05) is 25.1 Å². The molecule has 0 saturated carbocycles. The molecule has 2 aromatic rings.